The van der Waals surface area contributed by atoms with Gasteiger partial charge in [0.05, 0.1) is 35.6 Å². The zero-order valence-electron chi connectivity index (χ0n) is 18.2. The Morgan fingerprint density at radius 2 is 1.91 bits per heavy atom. The third kappa shape index (κ3) is 4.21. The van der Waals surface area contributed by atoms with E-state index in [4.69, 9.17) is 45.3 Å². The molecule has 2 N–H and O–H groups in total. The maximum absolute atomic E-state index is 11.9. The summed E-state index contributed by atoms with van der Waals surface area (Å²) >= 11 is 18.4. The quantitative estimate of drug-likeness (QED) is 0.291. The molecule has 0 radical (unpaired) electrons. The van der Waals surface area contributed by atoms with Gasteiger partial charge in [-0.15, -0.1) is 0 Å². The minimum absolute atomic E-state index is 0.280. The Bertz CT molecular complexity index is 1220. The molecule has 0 spiro atoms. The first kappa shape index (κ1) is 23.5. The number of hydrogen-bond donors (Lipinski definition) is 3. The number of fused-ring (bicyclic) bond motifs is 1. The van der Waals surface area contributed by atoms with E-state index in [9.17, 15) is 4.79 Å². The molecule has 4 rings (SSSR count). The van der Waals surface area contributed by atoms with E-state index in [0.717, 1.165) is 22.5 Å². The summed E-state index contributed by atoms with van der Waals surface area (Å²) in [6.45, 7) is 3.52. The highest BCUT2D eigenvalue weighted by molar-refractivity contribution is 7.81. The summed E-state index contributed by atoms with van der Waals surface area (Å²) < 4.78 is 10.2. The van der Waals surface area contributed by atoms with Crippen LogP contribution in [0.3, 0.4) is 0 Å². The van der Waals surface area contributed by atoms with Crippen LogP contribution in [-0.4, -0.2) is 30.3 Å². The Kier molecular flexibility index (Phi) is 6.66. The van der Waals surface area contributed by atoms with Crippen LogP contribution in [0.25, 0.3) is 11.3 Å². The smallest absolute Gasteiger partial charge is 0.247 e. The normalized spacial score (nSPS) is 17.2. The molecule has 2 aromatic carbocycles. The first-order valence-corrected chi connectivity index (χ1v) is 11.4. The molecule has 1 heterocycles. The molecule has 6 nitrogen and oxygen atoms in total. The van der Waals surface area contributed by atoms with Crippen LogP contribution in [0.2, 0.25) is 10.0 Å². The summed E-state index contributed by atoms with van der Waals surface area (Å²) in [5.41, 5.74) is 4.97. The molecule has 172 valence electrons. The molecule has 0 aliphatic heterocycles. The van der Waals surface area contributed by atoms with Gasteiger partial charge in [-0.1, -0.05) is 48.0 Å². The number of H-pyrrole nitrogens is 1. The monoisotopic (exact) mass is 503 g/mol. The third-order valence-corrected chi connectivity index (χ3v) is 7.23. The van der Waals surface area contributed by atoms with Crippen molar-refractivity contribution in [1.82, 2.24) is 10.2 Å². The number of para-hydroxylation sites is 1. The Morgan fingerprint density at radius 3 is 2.55 bits per heavy atom. The zero-order chi connectivity index (χ0) is 23.8. The lowest BCUT2D eigenvalue weighted by atomic mass is 9.80. The van der Waals surface area contributed by atoms with Crippen molar-refractivity contribution in [1.29, 1.82) is 0 Å². The van der Waals surface area contributed by atoms with E-state index in [1.807, 2.05) is 24.3 Å². The number of thiol groups is 1. The van der Waals surface area contributed by atoms with E-state index in [1.54, 1.807) is 20.3 Å². The highest BCUT2D eigenvalue weighted by Crippen LogP contribution is 2.52. The second kappa shape index (κ2) is 9.33. The van der Waals surface area contributed by atoms with E-state index in [-0.39, 0.29) is 5.91 Å². The zero-order valence-corrected chi connectivity index (χ0v) is 20.6. The molecule has 0 unspecified atom stereocenters. The number of ether oxygens (including phenoxy) is 2. The summed E-state index contributed by atoms with van der Waals surface area (Å²) in [4.78, 5) is 11.9. The Morgan fingerprint density at radius 1 is 1.24 bits per heavy atom. The molecule has 1 aliphatic carbocycles. The number of aromatic amines is 1. The molecular weight excluding hydrogens is 481 g/mol. The predicted molar refractivity (Wildman–Crippen MR) is 135 cm³/mol. The number of aromatic nitrogens is 2. The van der Waals surface area contributed by atoms with Gasteiger partial charge < -0.3 is 14.8 Å². The van der Waals surface area contributed by atoms with E-state index in [0.29, 0.717) is 52.1 Å². The van der Waals surface area contributed by atoms with Gasteiger partial charge in [-0.3, -0.25) is 9.89 Å². The molecule has 0 saturated heterocycles. The fraction of sp³-hybridized carbons (Fsp3) is 0.250. The van der Waals surface area contributed by atoms with Crippen molar-refractivity contribution < 1.29 is 14.3 Å². The minimum Gasteiger partial charge on any atom is -0.495 e. The van der Waals surface area contributed by atoms with Gasteiger partial charge in [0.2, 0.25) is 5.91 Å². The fourth-order valence-electron chi connectivity index (χ4n) is 4.24. The van der Waals surface area contributed by atoms with Gasteiger partial charge in [0, 0.05) is 39.6 Å². The molecule has 1 aliphatic rings. The van der Waals surface area contributed by atoms with Crippen molar-refractivity contribution in [2.75, 3.05) is 19.5 Å². The van der Waals surface area contributed by atoms with Crippen LogP contribution in [-0.2, 0) is 22.4 Å². The van der Waals surface area contributed by atoms with E-state index in [2.05, 4.69) is 22.1 Å². The SMILES string of the molecule is C=CC(=O)Nc1ccccc1-c1n[nH]c2c1CC[C@@](S)(c1c(Cl)c(OC)cc(OC)c1Cl)C2. The van der Waals surface area contributed by atoms with Crippen molar-refractivity contribution in [2.45, 2.75) is 24.0 Å². The van der Waals surface area contributed by atoms with Crippen LogP contribution in [0.1, 0.15) is 23.2 Å². The van der Waals surface area contributed by atoms with Gasteiger partial charge in [-0.25, -0.2) is 0 Å². The summed E-state index contributed by atoms with van der Waals surface area (Å²) in [5, 5.41) is 11.4. The van der Waals surface area contributed by atoms with Crippen LogP contribution in [0.5, 0.6) is 11.5 Å². The molecule has 9 heteroatoms. The summed E-state index contributed by atoms with van der Waals surface area (Å²) in [7, 11) is 3.10. The molecule has 1 atom stereocenters. The number of carbonyl (C=O) groups excluding carboxylic acids is 1. The Hall–Kier alpha value is -2.61. The van der Waals surface area contributed by atoms with Crippen molar-refractivity contribution in [3.63, 3.8) is 0 Å². The molecule has 0 bridgehead atoms. The average Bonchev–Trinajstić information content (AvgIpc) is 3.22. The second-order valence-electron chi connectivity index (χ2n) is 7.76. The van der Waals surface area contributed by atoms with Gasteiger partial charge in [-0.2, -0.15) is 17.7 Å². The fourth-order valence-corrected chi connectivity index (χ4v) is 5.73. The molecule has 3 aromatic rings. The number of nitrogens with zero attached hydrogens (tertiary/aromatic N) is 1. The third-order valence-electron chi connectivity index (χ3n) is 5.88. The maximum atomic E-state index is 11.9. The lowest BCUT2D eigenvalue weighted by Gasteiger charge is -2.35. The standard InChI is InChI=1S/C24H23Cl2N3O3S/c1-4-19(30)27-15-8-6-5-7-13(15)23-14-9-10-24(33,12-16(14)28-29-23)20-21(25)17(31-2)11-18(32-3)22(20)26/h4-8,11,33H,1,9-10,12H2,2-3H3,(H,27,30)(H,28,29)/t24-/m0/s1. The Balaban J connectivity index is 1.75. The topological polar surface area (TPSA) is 76.2 Å². The lowest BCUT2D eigenvalue weighted by Crippen LogP contribution is -2.29. The number of anilines is 1. The van der Waals surface area contributed by atoms with Crippen molar-refractivity contribution in [3.05, 3.63) is 69.9 Å². The minimum atomic E-state index is -0.663. The largest absolute Gasteiger partial charge is 0.495 e. The Labute approximate surface area is 207 Å². The number of rotatable bonds is 6. The first-order chi connectivity index (χ1) is 15.8. The van der Waals surface area contributed by atoms with Crippen molar-refractivity contribution in [3.8, 4) is 22.8 Å². The predicted octanol–water partition coefficient (Wildman–Crippen LogP) is 5.84. The van der Waals surface area contributed by atoms with Gasteiger partial charge in [-0.05, 0) is 25.0 Å². The van der Waals surface area contributed by atoms with Gasteiger partial charge in [0.25, 0.3) is 0 Å². The van der Waals surface area contributed by atoms with Gasteiger partial charge in [0.1, 0.15) is 11.5 Å². The average molecular weight is 504 g/mol. The molecule has 1 amide bonds. The van der Waals surface area contributed by atoms with Crippen LogP contribution in [0, 0.1) is 0 Å². The molecule has 1 aromatic heterocycles. The number of amides is 1. The molecular formula is C24H23Cl2N3O3S. The number of hydrogen-bond acceptors (Lipinski definition) is 5. The molecule has 0 saturated carbocycles. The highest BCUT2D eigenvalue weighted by Gasteiger charge is 2.40. The molecule has 33 heavy (non-hydrogen) atoms. The summed E-state index contributed by atoms with van der Waals surface area (Å²) in [6.07, 6.45) is 3.10. The number of nitrogens with one attached hydrogen (secondary N) is 2. The molecule has 0 fully saturated rings. The lowest BCUT2D eigenvalue weighted by molar-refractivity contribution is -0.111. The summed E-state index contributed by atoms with van der Waals surface area (Å²) in [6, 6.07) is 9.21. The van der Waals surface area contributed by atoms with Gasteiger partial charge in [0.15, 0.2) is 0 Å². The maximum Gasteiger partial charge on any atom is 0.247 e. The van der Waals surface area contributed by atoms with E-state index < -0.39 is 4.75 Å². The summed E-state index contributed by atoms with van der Waals surface area (Å²) in [5.74, 6) is 0.672. The van der Waals surface area contributed by atoms with Crippen molar-refractivity contribution >= 4 is 47.4 Å². The number of methoxy groups -OCH3 is 2. The van der Waals surface area contributed by atoms with Crippen LogP contribution in [0.15, 0.2) is 43.0 Å². The number of carbonyl (C=O) groups is 1. The number of halogens is 2. The van der Waals surface area contributed by atoms with Crippen LogP contribution >= 0.6 is 35.8 Å². The van der Waals surface area contributed by atoms with Gasteiger partial charge >= 0.3 is 0 Å². The van der Waals surface area contributed by atoms with E-state index >= 15 is 0 Å². The first-order valence-electron chi connectivity index (χ1n) is 10.2. The second-order valence-corrected chi connectivity index (χ2v) is 9.37. The highest BCUT2D eigenvalue weighted by atomic mass is 35.5. The van der Waals surface area contributed by atoms with Crippen LogP contribution in [0.4, 0.5) is 5.69 Å². The number of benzene rings is 2. The van der Waals surface area contributed by atoms with Crippen LogP contribution < -0.4 is 14.8 Å². The van der Waals surface area contributed by atoms with Crippen molar-refractivity contribution in [2.24, 2.45) is 0 Å². The van der Waals surface area contributed by atoms with E-state index in [1.165, 1.54) is 6.08 Å².